The van der Waals surface area contributed by atoms with Gasteiger partial charge in [-0.25, -0.2) is 4.79 Å². The van der Waals surface area contributed by atoms with Crippen LogP contribution in [0.15, 0.2) is 57.9 Å². The van der Waals surface area contributed by atoms with Gasteiger partial charge < -0.3 is 13.9 Å². The number of ether oxygens (including phenoxy) is 2. The Morgan fingerprint density at radius 3 is 2.50 bits per heavy atom. The minimum absolute atomic E-state index is 0.153. The molecule has 6 heteroatoms. The van der Waals surface area contributed by atoms with E-state index in [1.165, 1.54) is 6.26 Å². The molecule has 5 nitrogen and oxygen atoms in total. The van der Waals surface area contributed by atoms with Crippen LogP contribution >= 0.6 is 11.6 Å². The maximum Gasteiger partial charge on any atom is 0.347 e. The molecule has 0 saturated carbocycles. The summed E-state index contributed by atoms with van der Waals surface area (Å²) in [5.41, 5.74) is 1.40. The maximum absolute atomic E-state index is 12.8. The summed E-state index contributed by atoms with van der Waals surface area (Å²) in [7, 11) is 0. The number of fused-ring (bicyclic) bond motifs is 1. The van der Waals surface area contributed by atoms with Crippen molar-refractivity contribution in [2.45, 2.75) is 26.9 Å². The van der Waals surface area contributed by atoms with Crippen LogP contribution < -0.4 is 10.2 Å². The van der Waals surface area contributed by atoms with E-state index in [9.17, 15) is 9.59 Å². The average Bonchev–Trinajstić information content (AvgIpc) is 2.67. The van der Waals surface area contributed by atoms with Gasteiger partial charge in [-0.1, -0.05) is 37.6 Å². The highest BCUT2D eigenvalue weighted by molar-refractivity contribution is 6.30. The molecule has 0 aliphatic carbocycles. The Labute approximate surface area is 167 Å². The number of benzene rings is 2. The van der Waals surface area contributed by atoms with Crippen molar-refractivity contribution in [3.05, 3.63) is 64.0 Å². The molecule has 1 atom stereocenters. The first-order chi connectivity index (χ1) is 13.3. The van der Waals surface area contributed by atoms with Crippen molar-refractivity contribution < 1.29 is 18.7 Å². The number of esters is 1. The van der Waals surface area contributed by atoms with E-state index in [-0.39, 0.29) is 11.3 Å². The minimum atomic E-state index is -0.767. The SMILES string of the molecule is CC(C)COC(=O)C(C)Oc1ccc2c(=O)c(-c3ccc(Cl)cc3)coc2c1. The summed E-state index contributed by atoms with van der Waals surface area (Å²) in [6.07, 6.45) is 0.647. The highest BCUT2D eigenvalue weighted by atomic mass is 35.5. The van der Waals surface area contributed by atoms with Crippen LogP contribution in [0.25, 0.3) is 22.1 Å². The molecule has 0 fully saturated rings. The average molecular weight is 401 g/mol. The number of carbonyl (C=O) groups is 1. The molecule has 0 amide bonds. The van der Waals surface area contributed by atoms with Crippen LogP contribution in [-0.2, 0) is 9.53 Å². The van der Waals surface area contributed by atoms with E-state index >= 15 is 0 Å². The monoisotopic (exact) mass is 400 g/mol. The molecule has 1 unspecified atom stereocenters. The fraction of sp³-hybridized carbons (Fsp3) is 0.273. The zero-order valence-corrected chi connectivity index (χ0v) is 16.7. The molecule has 0 saturated heterocycles. The van der Waals surface area contributed by atoms with Gasteiger partial charge in [0, 0.05) is 11.1 Å². The Morgan fingerprint density at radius 1 is 1.11 bits per heavy atom. The molecule has 28 heavy (non-hydrogen) atoms. The lowest BCUT2D eigenvalue weighted by Gasteiger charge is -2.15. The van der Waals surface area contributed by atoms with Gasteiger partial charge in [-0.15, -0.1) is 0 Å². The van der Waals surface area contributed by atoms with Gasteiger partial charge in [-0.2, -0.15) is 0 Å². The van der Waals surface area contributed by atoms with Crippen LogP contribution in [0.1, 0.15) is 20.8 Å². The molecular formula is C22H21ClO5. The highest BCUT2D eigenvalue weighted by Gasteiger charge is 2.18. The lowest BCUT2D eigenvalue weighted by atomic mass is 10.1. The summed E-state index contributed by atoms with van der Waals surface area (Å²) in [6.45, 7) is 5.88. The normalized spacial score (nSPS) is 12.2. The topological polar surface area (TPSA) is 65.7 Å². The van der Waals surface area contributed by atoms with Crippen molar-refractivity contribution in [3.63, 3.8) is 0 Å². The predicted molar refractivity (Wildman–Crippen MR) is 109 cm³/mol. The second kappa shape index (κ2) is 8.48. The van der Waals surface area contributed by atoms with Crippen LogP contribution in [0.2, 0.25) is 5.02 Å². The van der Waals surface area contributed by atoms with Gasteiger partial charge in [0.1, 0.15) is 17.6 Å². The highest BCUT2D eigenvalue weighted by Crippen LogP contribution is 2.24. The molecule has 3 rings (SSSR count). The maximum atomic E-state index is 12.8. The largest absolute Gasteiger partial charge is 0.479 e. The summed E-state index contributed by atoms with van der Waals surface area (Å²) in [6, 6.07) is 11.8. The molecule has 1 aromatic heterocycles. The van der Waals surface area contributed by atoms with Gasteiger partial charge in [-0.05, 0) is 42.7 Å². The first-order valence-electron chi connectivity index (χ1n) is 9.00. The van der Waals surface area contributed by atoms with E-state index in [4.69, 9.17) is 25.5 Å². The van der Waals surface area contributed by atoms with Crippen LogP contribution in [-0.4, -0.2) is 18.7 Å². The van der Waals surface area contributed by atoms with Crippen molar-refractivity contribution >= 4 is 28.5 Å². The number of halogens is 1. The predicted octanol–water partition coefficient (Wildman–Crippen LogP) is 5.08. The number of carbonyl (C=O) groups excluding carboxylic acids is 1. The molecule has 0 aliphatic rings. The summed E-state index contributed by atoms with van der Waals surface area (Å²) < 4.78 is 16.4. The van der Waals surface area contributed by atoms with Crippen LogP contribution in [0.3, 0.4) is 0 Å². The lowest BCUT2D eigenvalue weighted by molar-refractivity contribution is -0.152. The van der Waals surface area contributed by atoms with Gasteiger partial charge in [0.2, 0.25) is 0 Å². The van der Waals surface area contributed by atoms with E-state index in [0.29, 0.717) is 33.9 Å². The van der Waals surface area contributed by atoms with E-state index in [1.54, 1.807) is 49.4 Å². The van der Waals surface area contributed by atoms with E-state index in [2.05, 4.69) is 0 Å². The summed E-state index contributed by atoms with van der Waals surface area (Å²) in [4.78, 5) is 24.8. The fourth-order valence-electron chi connectivity index (χ4n) is 2.63. The molecule has 0 N–H and O–H groups in total. The van der Waals surface area contributed by atoms with Gasteiger partial charge in [0.05, 0.1) is 17.6 Å². The number of hydrogen-bond donors (Lipinski definition) is 0. The number of hydrogen-bond acceptors (Lipinski definition) is 5. The zero-order valence-electron chi connectivity index (χ0n) is 15.9. The standard InChI is InChI=1S/C22H21ClO5/c1-13(2)11-27-22(25)14(3)28-17-8-9-18-20(10-17)26-12-19(21(18)24)15-4-6-16(23)7-5-15/h4-10,12-14H,11H2,1-3H3. The van der Waals surface area contributed by atoms with E-state index in [0.717, 1.165) is 5.56 Å². The van der Waals surface area contributed by atoms with Gasteiger partial charge >= 0.3 is 5.97 Å². The molecule has 0 radical (unpaired) electrons. The third-order valence-electron chi connectivity index (χ3n) is 4.11. The smallest absolute Gasteiger partial charge is 0.347 e. The third kappa shape index (κ3) is 4.54. The Hall–Kier alpha value is -2.79. The van der Waals surface area contributed by atoms with Crippen molar-refractivity contribution in [3.8, 4) is 16.9 Å². The molecule has 0 spiro atoms. The van der Waals surface area contributed by atoms with Crippen LogP contribution in [0.4, 0.5) is 0 Å². The summed E-state index contributed by atoms with van der Waals surface area (Å²) >= 11 is 5.90. The number of rotatable bonds is 6. The van der Waals surface area contributed by atoms with Gasteiger partial charge in [-0.3, -0.25) is 4.79 Å². The molecule has 3 aromatic rings. The fourth-order valence-corrected chi connectivity index (χ4v) is 2.76. The molecular weight excluding hydrogens is 380 g/mol. The first kappa shape index (κ1) is 20.0. The van der Waals surface area contributed by atoms with Crippen molar-refractivity contribution in [2.75, 3.05) is 6.61 Å². The van der Waals surface area contributed by atoms with Crippen molar-refractivity contribution in [1.82, 2.24) is 0 Å². The van der Waals surface area contributed by atoms with Gasteiger partial charge in [0.25, 0.3) is 0 Å². The van der Waals surface area contributed by atoms with Crippen LogP contribution in [0, 0.1) is 5.92 Å². The van der Waals surface area contributed by atoms with Crippen molar-refractivity contribution in [1.29, 1.82) is 0 Å². The van der Waals surface area contributed by atoms with E-state index in [1.807, 2.05) is 13.8 Å². The van der Waals surface area contributed by atoms with Gasteiger partial charge in [0.15, 0.2) is 11.5 Å². The third-order valence-corrected chi connectivity index (χ3v) is 4.36. The molecule has 2 aromatic carbocycles. The Morgan fingerprint density at radius 2 is 1.82 bits per heavy atom. The van der Waals surface area contributed by atoms with E-state index < -0.39 is 12.1 Å². The zero-order chi connectivity index (χ0) is 20.3. The van der Waals surface area contributed by atoms with Crippen LogP contribution in [0.5, 0.6) is 5.75 Å². The summed E-state index contributed by atoms with van der Waals surface area (Å²) in [5, 5.41) is 1.02. The molecule has 1 heterocycles. The lowest BCUT2D eigenvalue weighted by Crippen LogP contribution is -2.27. The Balaban J connectivity index is 1.83. The summed E-state index contributed by atoms with van der Waals surface area (Å²) in [5.74, 6) is 0.234. The Bertz CT molecular complexity index is 1040. The quantitative estimate of drug-likeness (QED) is 0.540. The minimum Gasteiger partial charge on any atom is -0.479 e. The Kier molecular flexibility index (Phi) is 6.05. The first-order valence-corrected chi connectivity index (χ1v) is 9.37. The molecule has 146 valence electrons. The molecule has 0 aliphatic heterocycles. The second-order valence-corrected chi connectivity index (χ2v) is 7.36. The second-order valence-electron chi connectivity index (χ2n) is 6.93. The van der Waals surface area contributed by atoms with Crippen molar-refractivity contribution in [2.24, 2.45) is 5.92 Å². The molecule has 0 bridgehead atoms.